The van der Waals surface area contributed by atoms with Gasteiger partial charge < -0.3 is 0 Å². The average molecular weight is 231 g/mol. The highest BCUT2D eigenvalue weighted by molar-refractivity contribution is 5.63. The van der Waals surface area contributed by atoms with Crippen molar-refractivity contribution in [1.29, 1.82) is 0 Å². The molecule has 0 saturated carbocycles. The lowest BCUT2D eigenvalue weighted by Gasteiger charge is -2.03. The Hall–Kier alpha value is -1.70. The topological polar surface area (TPSA) is 12.9 Å². The van der Waals surface area contributed by atoms with Crippen LogP contribution < -0.4 is 0 Å². The number of rotatable bonds is 2. The summed E-state index contributed by atoms with van der Waals surface area (Å²) in [4.78, 5) is 3.63. The third-order valence-electron chi connectivity index (χ3n) is 2.43. The van der Waals surface area contributed by atoms with Crippen molar-refractivity contribution in [3.05, 3.63) is 54.1 Å². The quantitative estimate of drug-likeness (QED) is 0.694. The van der Waals surface area contributed by atoms with Gasteiger partial charge in [0.05, 0.1) is 0 Å². The highest BCUT2D eigenvalue weighted by atomic mass is 19.1. The van der Waals surface area contributed by atoms with E-state index in [1.54, 1.807) is 12.1 Å². The van der Waals surface area contributed by atoms with Gasteiger partial charge >= 0.3 is 0 Å². The van der Waals surface area contributed by atoms with Gasteiger partial charge in [0.25, 0.3) is 0 Å². The van der Waals surface area contributed by atoms with Crippen LogP contribution in [0.3, 0.4) is 0 Å². The van der Waals surface area contributed by atoms with Crippen molar-refractivity contribution >= 4 is 0 Å². The normalized spacial score (nSPS) is 9.41. The average Bonchev–Trinajstić information content (AvgIpc) is 2.42. The van der Waals surface area contributed by atoms with Gasteiger partial charge in [-0.2, -0.15) is 4.39 Å². The molecule has 1 aromatic heterocycles. The number of hydrogen-bond donors (Lipinski definition) is 0. The third kappa shape index (κ3) is 3.38. The van der Waals surface area contributed by atoms with Gasteiger partial charge in [-0.15, -0.1) is 0 Å². The fourth-order valence-electron chi connectivity index (χ4n) is 1.52. The fourth-order valence-corrected chi connectivity index (χ4v) is 1.52. The number of hydrogen-bond acceptors (Lipinski definition) is 1. The molecule has 1 nitrogen and oxygen atoms in total. The van der Waals surface area contributed by atoms with Crippen molar-refractivity contribution < 1.29 is 4.39 Å². The van der Waals surface area contributed by atoms with Crippen LogP contribution in [0.1, 0.15) is 26.3 Å². The van der Waals surface area contributed by atoms with Crippen molar-refractivity contribution in [2.45, 2.75) is 27.2 Å². The van der Waals surface area contributed by atoms with Crippen LogP contribution in [0, 0.1) is 5.95 Å². The summed E-state index contributed by atoms with van der Waals surface area (Å²) in [7, 11) is 0. The minimum absolute atomic E-state index is 0.415. The summed E-state index contributed by atoms with van der Waals surface area (Å²) < 4.78 is 13.3. The maximum absolute atomic E-state index is 13.3. The summed E-state index contributed by atoms with van der Waals surface area (Å²) in [5, 5.41) is 0. The zero-order valence-electron chi connectivity index (χ0n) is 10.6. The van der Waals surface area contributed by atoms with Crippen LogP contribution in [-0.2, 0) is 6.42 Å². The Bertz CT molecular complexity index is 449. The SMILES string of the molecule is CC.CCc1ccc(-c2cccnc2F)cc1. The molecule has 0 aliphatic rings. The van der Waals surface area contributed by atoms with Gasteiger partial charge in [0.1, 0.15) is 0 Å². The Labute approximate surface area is 102 Å². The molecule has 0 saturated heterocycles. The summed E-state index contributed by atoms with van der Waals surface area (Å²) >= 11 is 0. The maximum Gasteiger partial charge on any atom is 0.220 e. The van der Waals surface area contributed by atoms with Gasteiger partial charge in [0.2, 0.25) is 5.95 Å². The monoisotopic (exact) mass is 231 g/mol. The molecule has 1 heterocycles. The van der Waals surface area contributed by atoms with Crippen LogP contribution in [0.5, 0.6) is 0 Å². The molecular weight excluding hydrogens is 213 g/mol. The largest absolute Gasteiger partial charge is 0.228 e. The smallest absolute Gasteiger partial charge is 0.220 e. The molecule has 0 N–H and O–H groups in total. The van der Waals surface area contributed by atoms with Crippen LogP contribution in [0.25, 0.3) is 11.1 Å². The van der Waals surface area contributed by atoms with E-state index in [1.807, 2.05) is 38.1 Å². The molecule has 0 radical (unpaired) electrons. The second-order valence-electron chi connectivity index (χ2n) is 3.39. The molecule has 0 atom stereocenters. The first-order chi connectivity index (χ1) is 8.31. The van der Waals surface area contributed by atoms with Crippen molar-refractivity contribution in [3.63, 3.8) is 0 Å². The molecule has 2 rings (SSSR count). The molecule has 1 aromatic carbocycles. The van der Waals surface area contributed by atoms with E-state index in [9.17, 15) is 4.39 Å². The lowest BCUT2D eigenvalue weighted by Crippen LogP contribution is -1.88. The van der Waals surface area contributed by atoms with E-state index < -0.39 is 5.95 Å². The van der Waals surface area contributed by atoms with E-state index in [1.165, 1.54) is 11.8 Å². The lowest BCUT2D eigenvalue weighted by molar-refractivity contribution is 0.587. The minimum atomic E-state index is -0.415. The standard InChI is InChI=1S/C13H12FN.C2H6/c1-2-10-5-7-11(8-6-10)12-4-3-9-15-13(12)14;1-2/h3-9H,2H2,1H3;1-2H3. The number of nitrogens with zero attached hydrogens (tertiary/aromatic N) is 1. The zero-order valence-corrected chi connectivity index (χ0v) is 10.6. The van der Waals surface area contributed by atoms with Crippen molar-refractivity contribution in [2.75, 3.05) is 0 Å². The van der Waals surface area contributed by atoms with Crippen LogP contribution >= 0.6 is 0 Å². The minimum Gasteiger partial charge on any atom is -0.228 e. The molecule has 0 aliphatic carbocycles. The Kier molecular flexibility index (Phi) is 5.34. The lowest BCUT2D eigenvalue weighted by atomic mass is 10.0. The summed E-state index contributed by atoms with van der Waals surface area (Å²) in [6.45, 7) is 6.10. The molecule has 2 aromatic rings. The van der Waals surface area contributed by atoms with E-state index in [4.69, 9.17) is 0 Å². The number of pyridine rings is 1. The summed E-state index contributed by atoms with van der Waals surface area (Å²) in [5.41, 5.74) is 2.68. The Balaban J connectivity index is 0.000000686. The predicted molar refractivity (Wildman–Crippen MR) is 70.4 cm³/mol. The second-order valence-corrected chi connectivity index (χ2v) is 3.39. The first-order valence-corrected chi connectivity index (χ1v) is 6.01. The zero-order chi connectivity index (χ0) is 12.7. The van der Waals surface area contributed by atoms with Gasteiger partial charge in [-0.1, -0.05) is 45.0 Å². The summed E-state index contributed by atoms with van der Waals surface area (Å²) in [6.07, 6.45) is 2.45. The first-order valence-electron chi connectivity index (χ1n) is 6.01. The predicted octanol–water partition coefficient (Wildman–Crippen LogP) is 4.48. The maximum atomic E-state index is 13.3. The van der Waals surface area contributed by atoms with E-state index in [2.05, 4.69) is 11.9 Å². The van der Waals surface area contributed by atoms with Gasteiger partial charge in [-0.25, -0.2) is 4.98 Å². The fraction of sp³-hybridized carbons (Fsp3) is 0.267. The van der Waals surface area contributed by atoms with Gasteiger partial charge in [-0.05, 0) is 29.7 Å². The van der Waals surface area contributed by atoms with Crippen molar-refractivity contribution in [3.8, 4) is 11.1 Å². The van der Waals surface area contributed by atoms with Gasteiger partial charge in [0, 0.05) is 11.8 Å². The van der Waals surface area contributed by atoms with Crippen molar-refractivity contribution in [2.24, 2.45) is 0 Å². The van der Waals surface area contributed by atoms with Crippen LogP contribution in [0.15, 0.2) is 42.6 Å². The molecule has 0 aliphatic heterocycles. The van der Waals surface area contributed by atoms with Crippen LogP contribution in [0.4, 0.5) is 4.39 Å². The molecule has 0 fully saturated rings. The summed E-state index contributed by atoms with van der Waals surface area (Å²) in [5.74, 6) is -0.415. The molecule has 0 spiro atoms. The molecular formula is C15H18FN. The number of aryl methyl sites for hydroxylation is 1. The van der Waals surface area contributed by atoms with Crippen LogP contribution in [-0.4, -0.2) is 4.98 Å². The van der Waals surface area contributed by atoms with Gasteiger partial charge in [0.15, 0.2) is 0 Å². The van der Waals surface area contributed by atoms with Crippen molar-refractivity contribution in [1.82, 2.24) is 4.98 Å². The Morgan fingerprint density at radius 2 is 1.71 bits per heavy atom. The van der Waals surface area contributed by atoms with E-state index >= 15 is 0 Å². The highest BCUT2D eigenvalue weighted by Gasteiger charge is 2.04. The molecule has 0 bridgehead atoms. The second kappa shape index (κ2) is 6.79. The molecule has 2 heteroatoms. The number of aromatic nitrogens is 1. The first kappa shape index (κ1) is 13.4. The molecule has 17 heavy (non-hydrogen) atoms. The van der Waals surface area contributed by atoms with Crippen LogP contribution in [0.2, 0.25) is 0 Å². The van der Waals surface area contributed by atoms with E-state index in [0.29, 0.717) is 5.56 Å². The Morgan fingerprint density at radius 1 is 1.06 bits per heavy atom. The summed E-state index contributed by atoms with van der Waals surface area (Å²) in [6, 6.07) is 11.4. The van der Waals surface area contributed by atoms with Gasteiger partial charge in [-0.3, -0.25) is 0 Å². The number of halogens is 1. The third-order valence-corrected chi connectivity index (χ3v) is 2.43. The molecule has 0 unspecified atom stereocenters. The van der Waals surface area contributed by atoms with E-state index in [0.717, 1.165) is 12.0 Å². The highest BCUT2D eigenvalue weighted by Crippen LogP contribution is 2.21. The number of benzene rings is 1. The van der Waals surface area contributed by atoms with E-state index in [-0.39, 0.29) is 0 Å². The Morgan fingerprint density at radius 3 is 2.24 bits per heavy atom. The molecule has 0 amide bonds. The molecule has 90 valence electrons.